The van der Waals surface area contributed by atoms with Crippen LogP contribution in [-0.2, 0) is 5.41 Å². The van der Waals surface area contributed by atoms with Crippen molar-refractivity contribution in [3.63, 3.8) is 0 Å². The minimum absolute atomic E-state index is 0.0310. The van der Waals surface area contributed by atoms with E-state index < -0.39 is 0 Å². The molecule has 0 radical (unpaired) electrons. The molecule has 51 heavy (non-hydrogen) atoms. The number of rotatable bonds is 3. The summed E-state index contributed by atoms with van der Waals surface area (Å²) in [5.41, 5.74) is 18.5. The van der Waals surface area contributed by atoms with Crippen molar-refractivity contribution in [2.45, 2.75) is 25.2 Å². The zero-order valence-corrected chi connectivity index (χ0v) is 28.7. The van der Waals surface area contributed by atoms with Gasteiger partial charge in [-0.1, -0.05) is 153 Å². The van der Waals surface area contributed by atoms with E-state index in [1.165, 1.54) is 99.5 Å². The highest BCUT2D eigenvalue weighted by Crippen LogP contribution is 2.54. The first kappa shape index (κ1) is 28.6. The molecule has 0 saturated carbocycles. The Morgan fingerprint density at radius 3 is 2.10 bits per heavy atom. The van der Waals surface area contributed by atoms with Gasteiger partial charge in [-0.25, -0.2) is 0 Å². The lowest BCUT2D eigenvalue weighted by Gasteiger charge is -2.21. The SMILES string of the molecule is CC1(C)c2ccccc2-c2c(-c3cccc(C4c5ccccc5-c5cc6c7c8ccccc8ccc7n(-c7ccccc7)c6cc54)c3)cccc21. The first-order valence-electron chi connectivity index (χ1n) is 18.1. The molecule has 0 amide bonds. The number of aromatic nitrogens is 1. The van der Waals surface area contributed by atoms with Crippen LogP contribution >= 0.6 is 0 Å². The van der Waals surface area contributed by atoms with Crippen molar-refractivity contribution in [2.75, 3.05) is 0 Å². The summed E-state index contributed by atoms with van der Waals surface area (Å²) in [5, 5.41) is 5.19. The summed E-state index contributed by atoms with van der Waals surface area (Å²) in [6.45, 7) is 4.73. The predicted molar refractivity (Wildman–Crippen MR) is 214 cm³/mol. The third kappa shape index (κ3) is 3.92. The van der Waals surface area contributed by atoms with E-state index in [0.717, 1.165) is 0 Å². The molecule has 0 aliphatic heterocycles. The molecule has 0 bridgehead atoms. The second-order valence-electron chi connectivity index (χ2n) is 14.9. The summed E-state index contributed by atoms with van der Waals surface area (Å²) in [4.78, 5) is 0. The summed E-state index contributed by atoms with van der Waals surface area (Å²) >= 11 is 0. The molecule has 11 rings (SSSR count). The molecule has 240 valence electrons. The van der Waals surface area contributed by atoms with E-state index in [4.69, 9.17) is 0 Å². The fourth-order valence-electron chi connectivity index (χ4n) is 9.58. The Morgan fingerprint density at radius 1 is 0.471 bits per heavy atom. The average Bonchev–Trinajstić information content (AvgIpc) is 3.77. The van der Waals surface area contributed by atoms with E-state index in [9.17, 15) is 0 Å². The molecule has 1 heteroatoms. The Labute approximate surface area is 298 Å². The van der Waals surface area contributed by atoms with E-state index in [2.05, 4.69) is 188 Å². The van der Waals surface area contributed by atoms with Gasteiger partial charge in [0.25, 0.3) is 0 Å². The first-order valence-corrected chi connectivity index (χ1v) is 18.1. The van der Waals surface area contributed by atoms with Gasteiger partial charge in [0.2, 0.25) is 0 Å². The molecule has 0 saturated heterocycles. The standard InChI is InChI=1S/C50H35N/c1-50(2)43-24-11-10-22-39(43)48-36(23-13-25-44(48)50)32-15-12-16-33(28-32)47-38-21-9-8-20-37(38)40-29-42-46(30-41(40)47)51(34-17-4-3-5-18-34)45-27-26-31-14-6-7-19-35(31)49(42)45/h3-30,47H,1-2H3. The number of benzene rings is 8. The zero-order chi connectivity index (χ0) is 33.8. The van der Waals surface area contributed by atoms with Gasteiger partial charge >= 0.3 is 0 Å². The minimum atomic E-state index is -0.0310. The van der Waals surface area contributed by atoms with Crippen molar-refractivity contribution >= 4 is 32.6 Å². The molecule has 8 aromatic carbocycles. The van der Waals surface area contributed by atoms with E-state index >= 15 is 0 Å². The first-order chi connectivity index (χ1) is 25.1. The van der Waals surface area contributed by atoms with Crippen molar-refractivity contribution in [1.29, 1.82) is 0 Å². The van der Waals surface area contributed by atoms with Crippen LogP contribution in [-0.4, -0.2) is 4.57 Å². The van der Waals surface area contributed by atoms with E-state index in [-0.39, 0.29) is 11.3 Å². The third-order valence-electron chi connectivity index (χ3n) is 11.9. The quantitative estimate of drug-likeness (QED) is 0.179. The van der Waals surface area contributed by atoms with Gasteiger partial charge in [-0.3, -0.25) is 0 Å². The summed E-state index contributed by atoms with van der Waals surface area (Å²) in [5.74, 6) is 0.125. The Balaban J connectivity index is 1.16. The number of hydrogen-bond acceptors (Lipinski definition) is 0. The van der Waals surface area contributed by atoms with Crippen LogP contribution in [0.25, 0.3) is 71.6 Å². The molecular weight excluding hydrogens is 615 g/mol. The lowest BCUT2D eigenvalue weighted by atomic mass is 9.81. The van der Waals surface area contributed by atoms with Gasteiger partial charge in [0.15, 0.2) is 0 Å². The maximum Gasteiger partial charge on any atom is 0.0547 e. The highest BCUT2D eigenvalue weighted by atomic mass is 15.0. The molecule has 1 atom stereocenters. The molecule has 1 nitrogen and oxygen atoms in total. The number of fused-ring (bicyclic) bond motifs is 11. The van der Waals surface area contributed by atoms with Gasteiger partial charge < -0.3 is 4.57 Å². The number of nitrogens with zero attached hydrogens (tertiary/aromatic N) is 1. The molecule has 2 aliphatic carbocycles. The lowest BCUT2D eigenvalue weighted by molar-refractivity contribution is 0.660. The van der Waals surface area contributed by atoms with Crippen molar-refractivity contribution in [3.8, 4) is 39.1 Å². The van der Waals surface area contributed by atoms with E-state index in [1.807, 2.05) is 0 Å². The topological polar surface area (TPSA) is 4.93 Å². The van der Waals surface area contributed by atoms with Crippen molar-refractivity contribution in [2.24, 2.45) is 0 Å². The lowest BCUT2D eigenvalue weighted by Crippen LogP contribution is -2.14. The summed E-state index contributed by atoms with van der Waals surface area (Å²) in [6, 6.07) is 63.5. The van der Waals surface area contributed by atoms with Crippen LogP contribution in [0, 0.1) is 0 Å². The van der Waals surface area contributed by atoms with Crippen LogP contribution < -0.4 is 0 Å². The fraction of sp³-hybridized carbons (Fsp3) is 0.0800. The normalized spacial score (nSPS) is 15.2. The maximum absolute atomic E-state index is 2.50. The van der Waals surface area contributed by atoms with Crippen LogP contribution in [0.5, 0.6) is 0 Å². The van der Waals surface area contributed by atoms with E-state index in [0.29, 0.717) is 0 Å². The summed E-state index contributed by atoms with van der Waals surface area (Å²) in [6.07, 6.45) is 0. The van der Waals surface area contributed by atoms with Gasteiger partial charge in [-0.15, -0.1) is 0 Å². The molecule has 1 unspecified atom stereocenters. The zero-order valence-electron chi connectivity index (χ0n) is 28.7. The summed E-state index contributed by atoms with van der Waals surface area (Å²) < 4.78 is 2.47. The highest BCUT2D eigenvalue weighted by Gasteiger charge is 2.37. The van der Waals surface area contributed by atoms with Crippen LogP contribution in [0.15, 0.2) is 170 Å². The Kier molecular flexibility index (Phi) is 5.85. The summed E-state index contributed by atoms with van der Waals surface area (Å²) in [7, 11) is 0. The molecule has 2 aliphatic rings. The fourth-order valence-corrected chi connectivity index (χ4v) is 9.58. The Hall–Kier alpha value is -6.18. The molecule has 0 fully saturated rings. The van der Waals surface area contributed by atoms with E-state index in [1.54, 1.807) is 0 Å². The third-order valence-corrected chi connectivity index (χ3v) is 11.9. The van der Waals surface area contributed by atoms with Gasteiger partial charge in [-0.2, -0.15) is 0 Å². The Bertz CT molecular complexity index is 2890. The molecule has 0 N–H and O–H groups in total. The van der Waals surface area contributed by atoms with Crippen LogP contribution in [0.2, 0.25) is 0 Å². The second-order valence-corrected chi connectivity index (χ2v) is 14.9. The molecular formula is C50H35N. The van der Waals surface area contributed by atoms with Gasteiger partial charge in [0.1, 0.15) is 0 Å². The van der Waals surface area contributed by atoms with Gasteiger partial charge in [0, 0.05) is 27.8 Å². The van der Waals surface area contributed by atoms with Crippen molar-refractivity contribution in [3.05, 3.63) is 198 Å². The second kappa shape index (κ2) is 10.4. The maximum atomic E-state index is 2.50. The van der Waals surface area contributed by atoms with Gasteiger partial charge in [-0.05, 0) is 102 Å². The number of hydrogen-bond donors (Lipinski definition) is 0. The van der Waals surface area contributed by atoms with Crippen LogP contribution in [0.4, 0.5) is 0 Å². The monoisotopic (exact) mass is 649 g/mol. The molecule has 1 heterocycles. The van der Waals surface area contributed by atoms with Crippen LogP contribution in [0.1, 0.15) is 47.6 Å². The molecule has 1 aromatic heterocycles. The minimum Gasteiger partial charge on any atom is -0.309 e. The number of para-hydroxylation sites is 1. The predicted octanol–water partition coefficient (Wildman–Crippen LogP) is 13.1. The smallest absolute Gasteiger partial charge is 0.0547 e. The highest BCUT2D eigenvalue weighted by molar-refractivity contribution is 6.22. The molecule has 0 spiro atoms. The van der Waals surface area contributed by atoms with Crippen LogP contribution in [0.3, 0.4) is 0 Å². The average molecular weight is 650 g/mol. The van der Waals surface area contributed by atoms with Gasteiger partial charge in [0.05, 0.1) is 11.0 Å². The van der Waals surface area contributed by atoms with Crippen molar-refractivity contribution < 1.29 is 0 Å². The Morgan fingerprint density at radius 2 is 1.20 bits per heavy atom. The van der Waals surface area contributed by atoms with Crippen molar-refractivity contribution in [1.82, 2.24) is 4.57 Å². The largest absolute Gasteiger partial charge is 0.309 e. The molecule has 9 aromatic rings.